The number of nitrogens with one attached hydrogen (secondary N) is 1. The summed E-state index contributed by atoms with van der Waals surface area (Å²) in [5, 5.41) is 4.35. The monoisotopic (exact) mass is 250 g/mol. The highest BCUT2D eigenvalue weighted by Crippen LogP contribution is 2.34. The minimum atomic E-state index is -0.0129. The van der Waals surface area contributed by atoms with Crippen LogP contribution in [0.3, 0.4) is 0 Å². The van der Waals surface area contributed by atoms with Crippen molar-refractivity contribution in [2.45, 2.75) is 42.9 Å². The van der Waals surface area contributed by atoms with Crippen LogP contribution in [-0.2, 0) is 0 Å². The lowest BCUT2D eigenvalue weighted by Crippen LogP contribution is -2.23. The summed E-state index contributed by atoms with van der Waals surface area (Å²) in [4.78, 5) is 16.2. The molecule has 0 saturated heterocycles. The van der Waals surface area contributed by atoms with Crippen molar-refractivity contribution in [3.05, 3.63) is 23.9 Å². The smallest absolute Gasteiger partial charge is 0.254 e. The zero-order valence-corrected chi connectivity index (χ0v) is 10.9. The summed E-state index contributed by atoms with van der Waals surface area (Å²) in [6, 6.07) is 3.68. The number of aromatic nitrogens is 1. The van der Waals surface area contributed by atoms with Gasteiger partial charge in [0.2, 0.25) is 0 Å². The first-order chi connectivity index (χ1) is 8.31. The van der Waals surface area contributed by atoms with E-state index >= 15 is 0 Å². The average molecular weight is 250 g/mol. The molecule has 17 heavy (non-hydrogen) atoms. The van der Waals surface area contributed by atoms with Crippen molar-refractivity contribution in [2.24, 2.45) is 0 Å². The van der Waals surface area contributed by atoms with Crippen LogP contribution >= 0.6 is 11.8 Å². The maximum atomic E-state index is 11.9. The van der Waals surface area contributed by atoms with Crippen molar-refractivity contribution in [3.8, 4) is 0 Å². The SMILES string of the molecule is CCNC(=O)c1cccnc1SC1CCCC1. The summed E-state index contributed by atoms with van der Waals surface area (Å²) < 4.78 is 0. The van der Waals surface area contributed by atoms with Crippen LogP contribution in [0.25, 0.3) is 0 Å². The molecule has 1 aliphatic carbocycles. The first-order valence-electron chi connectivity index (χ1n) is 6.21. The second-order valence-corrected chi connectivity index (χ2v) is 5.53. The van der Waals surface area contributed by atoms with Gasteiger partial charge in [-0.3, -0.25) is 4.79 Å². The molecule has 3 nitrogen and oxygen atoms in total. The highest BCUT2D eigenvalue weighted by molar-refractivity contribution is 7.99. The molecule has 0 atom stereocenters. The van der Waals surface area contributed by atoms with E-state index in [0.29, 0.717) is 17.4 Å². The van der Waals surface area contributed by atoms with Gasteiger partial charge in [-0.1, -0.05) is 12.8 Å². The van der Waals surface area contributed by atoms with Crippen molar-refractivity contribution < 1.29 is 4.79 Å². The Morgan fingerprint density at radius 2 is 2.29 bits per heavy atom. The lowest BCUT2D eigenvalue weighted by molar-refractivity contribution is 0.0952. The Kier molecular flexibility index (Phi) is 4.42. The van der Waals surface area contributed by atoms with Gasteiger partial charge in [0.25, 0.3) is 5.91 Å². The third kappa shape index (κ3) is 3.22. The summed E-state index contributed by atoms with van der Waals surface area (Å²) >= 11 is 1.76. The predicted molar refractivity (Wildman–Crippen MR) is 70.4 cm³/mol. The van der Waals surface area contributed by atoms with Crippen LogP contribution in [0.2, 0.25) is 0 Å². The largest absolute Gasteiger partial charge is 0.352 e. The highest BCUT2D eigenvalue weighted by Gasteiger charge is 2.20. The molecule has 1 aromatic rings. The molecule has 1 aliphatic rings. The summed E-state index contributed by atoms with van der Waals surface area (Å²) in [6.07, 6.45) is 6.87. The van der Waals surface area contributed by atoms with Crippen molar-refractivity contribution in [1.29, 1.82) is 0 Å². The summed E-state index contributed by atoms with van der Waals surface area (Å²) in [5.41, 5.74) is 0.714. The number of thioether (sulfide) groups is 1. The molecular formula is C13H18N2OS. The van der Waals surface area contributed by atoms with E-state index in [9.17, 15) is 4.79 Å². The number of rotatable bonds is 4. The minimum absolute atomic E-state index is 0.0129. The van der Waals surface area contributed by atoms with Crippen molar-refractivity contribution in [1.82, 2.24) is 10.3 Å². The standard InChI is InChI=1S/C13H18N2OS/c1-2-14-12(16)11-8-5-9-15-13(11)17-10-6-3-4-7-10/h5,8-10H,2-4,6-7H2,1H3,(H,14,16). The summed E-state index contributed by atoms with van der Waals surface area (Å²) in [7, 11) is 0. The number of hydrogen-bond acceptors (Lipinski definition) is 3. The van der Waals surface area contributed by atoms with Crippen LogP contribution in [0.15, 0.2) is 23.4 Å². The van der Waals surface area contributed by atoms with Gasteiger partial charge in [0.15, 0.2) is 0 Å². The van der Waals surface area contributed by atoms with E-state index in [4.69, 9.17) is 0 Å². The molecule has 0 aromatic carbocycles. The molecule has 1 aromatic heterocycles. The van der Waals surface area contributed by atoms with E-state index in [0.717, 1.165) is 5.03 Å². The predicted octanol–water partition coefficient (Wildman–Crippen LogP) is 2.87. The number of nitrogens with zero attached hydrogens (tertiary/aromatic N) is 1. The van der Waals surface area contributed by atoms with Gasteiger partial charge in [0.05, 0.1) is 5.56 Å². The fourth-order valence-electron chi connectivity index (χ4n) is 2.08. The van der Waals surface area contributed by atoms with Gasteiger partial charge in [-0.15, -0.1) is 11.8 Å². The molecule has 1 saturated carbocycles. The molecule has 1 amide bonds. The first-order valence-corrected chi connectivity index (χ1v) is 7.09. The van der Waals surface area contributed by atoms with Crippen LogP contribution in [0, 0.1) is 0 Å². The maximum absolute atomic E-state index is 11.9. The fourth-order valence-corrected chi connectivity index (χ4v) is 3.37. The molecule has 0 spiro atoms. The van der Waals surface area contributed by atoms with E-state index in [1.807, 2.05) is 19.1 Å². The maximum Gasteiger partial charge on any atom is 0.254 e. The molecule has 0 unspecified atom stereocenters. The molecule has 0 radical (unpaired) electrons. The Morgan fingerprint density at radius 1 is 1.53 bits per heavy atom. The van der Waals surface area contributed by atoms with E-state index < -0.39 is 0 Å². The Bertz CT molecular complexity index is 389. The van der Waals surface area contributed by atoms with Gasteiger partial charge >= 0.3 is 0 Å². The number of pyridine rings is 1. The van der Waals surface area contributed by atoms with Crippen molar-refractivity contribution in [2.75, 3.05) is 6.54 Å². The van der Waals surface area contributed by atoms with Gasteiger partial charge in [0, 0.05) is 18.0 Å². The molecular weight excluding hydrogens is 232 g/mol. The molecule has 0 bridgehead atoms. The molecule has 1 heterocycles. The number of hydrogen-bond donors (Lipinski definition) is 1. The van der Waals surface area contributed by atoms with Crippen LogP contribution in [0.1, 0.15) is 43.0 Å². The summed E-state index contributed by atoms with van der Waals surface area (Å²) in [5.74, 6) is -0.0129. The van der Waals surface area contributed by atoms with Gasteiger partial charge in [-0.2, -0.15) is 0 Å². The van der Waals surface area contributed by atoms with E-state index in [1.54, 1.807) is 18.0 Å². The van der Waals surface area contributed by atoms with Crippen LogP contribution < -0.4 is 5.32 Å². The molecule has 1 N–H and O–H groups in total. The first kappa shape index (κ1) is 12.4. The van der Waals surface area contributed by atoms with Crippen molar-refractivity contribution in [3.63, 3.8) is 0 Å². The molecule has 4 heteroatoms. The summed E-state index contributed by atoms with van der Waals surface area (Å²) in [6.45, 7) is 2.58. The van der Waals surface area contributed by atoms with E-state index in [2.05, 4.69) is 10.3 Å². The lowest BCUT2D eigenvalue weighted by Gasteiger charge is -2.11. The second kappa shape index (κ2) is 6.05. The Hall–Kier alpha value is -1.03. The Labute approximate surface area is 106 Å². The van der Waals surface area contributed by atoms with Gasteiger partial charge < -0.3 is 5.32 Å². The zero-order valence-electron chi connectivity index (χ0n) is 10.1. The van der Waals surface area contributed by atoms with Crippen molar-refractivity contribution >= 4 is 17.7 Å². The number of carbonyl (C=O) groups is 1. The zero-order chi connectivity index (χ0) is 12.1. The van der Waals surface area contributed by atoms with Gasteiger partial charge in [-0.25, -0.2) is 4.98 Å². The number of carbonyl (C=O) groups excluding carboxylic acids is 1. The molecule has 2 rings (SSSR count). The van der Waals surface area contributed by atoms with Crippen LogP contribution in [0.5, 0.6) is 0 Å². The Morgan fingerprint density at radius 3 is 3.00 bits per heavy atom. The van der Waals surface area contributed by atoms with Gasteiger partial charge in [0.1, 0.15) is 5.03 Å². The minimum Gasteiger partial charge on any atom is -0.352 e. The topological polar surface area (TPSA) is 42.0 Å². The molecule has 92 valence electrons. The fraction of sp³-hybridized carbons (Fsp3) is 0.538. The quantitative estimate of drug-likeness (QED) is 0.893. The third-order valence-electron chi connectivity index (χ3n) is 2.93. The normalized spacial score (nSPS) is 16.1. The van der Waals surface area contributed by atoms with E-state index in [1.165, 1.54) is 25.7 Å². The second-order valence-electron chi connectivity index (χ2n) is 4.24. The molecule has 0 aliphatic heterocycles. The highest BCUT2D eigenvalue weighted by atomic mass is 32.2. The van der Waals surface area contributed by atoms with E-state index in [-0.39, 0.29) is 5.91 Å². The van der Waals surface area contributed by atoms with Crippen LogP contribution in [-0.4, -0.2) is 22.7 Å². The lowest BCUT2D eigenvalue weighted by atomic mass is 10.3. The number of amides is 1. The Balaban J connectivity index is 2.12. The van der Waals surface area contributed by atoms with Gasteiger partial charge in [-0.05, 0) is 31.9 Å². The third-order valence-corrected chi connectivity index (χ3v) is 4.29. The molecule has 1 fully saturated rings. The van der Waals surface area contributed by atoms with Crippen LogP contribution in [0.4, 0.5) is 0 Å². The average Bonchev–Trinajstić information content (AvgIpc) is 2.83.